The molecule has 4 aliphatic rings. The first kappa shape index (κ1) is 105. The minimum Gasteiger partial charge on any atom is -0.481 e. The Morgan fingerprint density at radius 1 is 0.383 bits per heavy atom. The molecular formula is C100H131BrN10O16Pd. The molecule has 6 atom stereocenters. The van der Waals surface area contributed by atoms with Crippen LogP contribution < -0.4 is 10.2 Å². The number of amides is 6. The molecule has 12 rings (SSSR count). The van der Waals surface area contributed by atoms with Crippen molar-refractivity contribution in [2.24, 2.45) is 0 Å². The van der Waals surface area contributed by atoms with E-state index in [0.717, 1.165) is 94.7 Å². The van der Waals surface area contributed by atoms with Crippen molar-refractivity contribution < 1.29 is 98.2 Å². The van der Waals surface area contributed by atoms with E-state index in [4.69, 9.17) is 38.7 Å². The summed E-state index contributed by atoms with van der Waals surface area (Å²) in [4.78, 5) is 116. The van der Waals surface area contributed by atoms with Gasteiger partial charge < -0.3 is 69.2 Å². The Labute approximate surface area is 778 Å². The van der Waals surface area contributed by atoms with E-state index in [-0.39, 0.29) is 63.1 Å². The molecule has 0 aromatic heterocycles. The number of hydrogen-bond donors (Lipinski definition) is 5. The predicted octanol–water partition coefficient (Wildman–Crippen LogP) is 15.4. The number of aliphatic hydroxyl groups excluding tert-OH is 2. The van der Waals surface area contributed by atoms with Crippen molar-refractivity contribution in [3.8, 4) is 0 Å². The second kappa shape index (κ2) is 50.4. The van der Waals surface area contributed by atoms with Gasteiger partial charge in [-0.2, -0.15) is 0 Å². The van der Waals surface area contributed by atoms with E-state index in [1.165, 1.54) is 9.80 Å². The SMILES string of the molecule is CC(=O)O.CC(=O)O.CC(C)(C)OC(=O)N1CCN(Cc2ccccc2)C(=O)[C@@H]1[C@@H](O)[C@@H](Cc1cccc(Br)c1)N(Cc1ccccc1)Cc1ccccc1.CC(C)(C)OC(=O)N1CCN(c2cccc(C[C@@H]([C@H](O)[C@H]3C(=O)N(Cc4ccccc4)CCN3C(=O)OC(C)(C)C)N(Cc3ccccc3)Cc3ccccc3)c2)CC1.CC(C)(C)OC(=O)N1CCNCC1.[Pd]. The van der Waals surface area contributed by atoms with Crippen LogP contribution in [0.25, 0.3) is 0 Å². The van der Waals surface area contributed by atoms with Crippen LogP contribution in [-0.2, 0) is 111 Å². The van der Waals surface area contributed by atoms with Crippen LogP contribution in [0.4, 0.5) is 24.9 Å². The number of anilines is 1. The maximum absolute atomic E-state index is 14.8. The van der Waals surface area contributed by atoms with Crippen molar-refractivity contribution >= 4 is 69.7 Å². The van der Waals surface area contributed by atoms with Crippen molar-refractivity contribution in [1.29, 1.82) is 0 Å². The molecule has 8 aromatic rings. The third-order valence-corrected chi connectivity index (χ3v) is 21.2. The van der Waals surface area contributed by atoms with Gasteiger partial charge in [-0.05, 0) is 165 Å². The molecule has 0 spiro atoms. The van der Waals surface area contributed by atoms with Crippen LogP contribution in [0.15, 0.2) is 235 Å². The Hall–Kier alpha value is -10.5. The number of ether oxygens (including phenoxy) is 4. The monoisotopic (exact) mass is 1910 g/mol. The summed E-state index contributed by atoms with van der Waals surface area (Å²) in [6, 6.07) is 72.9. The average Bonchev–Trinajstić information content (AvgIpc) is 0.778. The number of hydrogen-bond acceptors (Lipinski definition) is 18. The fourth-order valence-electron chi connectivity index (χ4n) is 15.1. The van der Waals surface area contributed by atoms with Crippen molar-refractivity contribution in [3.63, 3.8) is 0 Å². The summed E-state index contributed by atoms with van der Waals surface area (Å²) >= 11 is 3.61. The van der Waals surface area contributed by atoms with Crippen LogP contribution in [0, 0.1) is 0 Å². The molecule has 694 valence electrons. The predicted molar refractivity (Wildman–Crippen MR) is 496 cm³/mol. The Kier molecular flexibility index (Phi) is 41.2. The zero-order chi connectivity index (χ0) is 92.6. The molecule has 26 nitrogen and oxygen atoms in total. The van der Waals surface area contributed by atoms with Crippen LogP contribution >= 0.6 is 15.9 Å². The smallest absolute Gasteiger partial charge is 0.411 e. The summed E-state index contributed by atoms with van der Waals surface area (Å²) in [5, 5.41) is 43.6. The first-order valence-electron chi connectivity index (χ1n) is 43.4. The normalized spacial score (nSPS) is 16.4. The molecule has 0 aliphatic carbocycles. The Bertz CT molecular complexity index is 4640. The largest absolute Gasteiger partial charge is 0.481 e. The van der Waals surface area contributed by atoms with E-state index in [0.29, 0.717) is 91.4 Å². The minimum atomic E-state index is -1.30. The number of piperazine rings is 4. The topological polar surface area (TPSA) is 296 Å². The molecule has 4 saturated heterocycles. The molecule has 4 fully saturated rings. The Morgan fingerprint density at radius 2 is 0.664 bits per heavy atom. The van der Waals surface area contributed by atoms with Crippen LogP contribution in [0.1, 0.15) is 141 Å². The van der Waals surface area contributed by atoms with Gasteiger partial charge in [0.05, 0.1) is 12.2 Å². The van der Waals surface area contributed by atoms with E-state index in [1.807, 2.05) is 205 Å². The quantitative estimate of drug-likeness (QED) is 0.0294. The van der Waals surface area contributed by atoms with Gasteiger partial charge in [-0.3, -0.25) is 38.8 Å². The summed E-state index contributed by atoms with van der Waals surface area (Å²) < 4.78 is 23.5. The van der Waals surface area contributed by atoms with E-state index in [1.54, 1.807) is 61.1 Å². The van der Waals surface area contributed by atoms with Gasteiger partial charge >= 0.3 is 24.4 Å². The molecule has 28 heteroatoms. The standard InChI is InChI=1S/C48H61N5O6.C39H44BrN3O4.C9H18N2O2.2C2H4O2.Pd/c1-47(2,3)58-45(56)50-27-25-49(26-28-50)40-24-16-23-39(31-40)32-41(52(34-37-19-12-8-13-20-37)35-38-21-14-9-15-22-38)43(54)42-44(55)51(33-36-17-10-7-11-18-36)29-30-53(42)46(57)59-48(4,5)6;1-39(2,3)47-38(46)43-23-22-41(26-29-14-7-4-8-15-29)37(45)35(43)36(44)34(25-32-20-13-21-33(40)24-32)42(27-30-16-9-5-10-17-30)28-31-18-11-6-12-19-31;1-9(2,3)13-8(12)11-6-4-10-5-7-11;2*1-2(3)4;/h7-24,31,41-43,54H,25-30,32-35H2,1-6H3;4-21,24,34-36,44H,22-23,25-28H2,1-3H3;10H,4-7H2,1-3H3;2*1H3,(H,3,4);/t41-,42-,43-;34-,35+,36+;;;;/m01..../s1. The second-order valence-corrected chi connectivity index (χ2v) is 36.9. The number of benzene rings is 8. The third-order valence-electron chi connectivity index (χ3n) is 20.8. The Balaban J connectivity index is 0.000000288. The van der Waals surface area contributed by atoms with Gasteiger partial charge in [0.25, 0.3) is 11.9 Å². The summed E-state index contributed by atoms with van der Waals surface area (Å²) in [7, 11) is 0. The van der Waals surface area contributed by atoms with E-state index in [2.05, 4.69) is 103 Å². The maximum atomic E-state index is 14.8. The van der Waals surface area contributed by atoms with Gasteiger partial charge in [0.1, 0.15) is 34.5 Å². The number of nitrogens with one attached hydrogen (secondary N) is 1. The van der Waals surface area contributed by atoms with Gasteiger partial charge in [0.2, 0.25) is 11.8 Å². The first-order valence-corrected chi connectivity index (χ1v) is 44.2. The number of nitrogens with zero attached hydrogens (tertiary/aromatic N) is 9. The average molecular weight is 1920 g/mol. The molecule has 4 aliphatic heterocycles. The summed E-state index contributed by atoms with van der Waals surface area (Å²) in [6.07, 6.45) is -3.44. The molecule has 4 heterocycles. The van der Waals surface area contributed by atoms with Crippen molar-refractivity contribution in [3.05, 3.63) is 280 Å². The summed E-state index contributed by atoms with van der Waals surface area (Å²) in [5.74, 6) is -2.28. The van der Waals surface area contributed by atoms with Crippen LogP contribution in [-0.4, -0.2) is 245 Å². The number of carboxylic acid groups (broad SMARTS) is 2. The van der Waals surface area contributed by atoms with Gasteiger partial charge in [-0.1, -0.05) is 222 Å². The molecule has 0 radical (unpaired) electrons. The molecule has 0 bridgehead atoms. The molecule has 128 heavy (non-hydrogen) atoms. The van der Waals surface area contributed by atoms with Gasteiger partial charge in [-0.25, -0.2) is 19.2 Å². The molecule has 6 amide bonds. The second-order valence-electron chi connectivity index (χ2n) is 36.0. The number of rotatable bonds is 23. The first-order chi connectivity index (χ1) is 60.2. The number of carbonyl (C=O) groups excluding carboxylic acids is 6. The van der Waals surface area contributed by atoms with Crippen LogP contribution in [0.3, 0.4) is 0 Å². The number of halogens is 1. The molecule has 0 saturated carbocycles. The maximum Gasteiger partial charge on any atom is 0.411 e. The molecular weight excluding hydrogens is 1780 g/mol. The fraction of sp³-hybridized carbons (Fsp3) is 0.440. The van der Waals surface area contributed by atoms with Crippen LogP contribution in [0.2, 0.25) is 0 Å². The molecule has 8 aromatic carbocycles. The van der Waals surface area contributed by atoms with Crippen LogP contribution in [0.5, 0.6) is 0 Å². The zero-order valence-corrected chi connectivity index (χ0v) is 79.6. The number of aliphatic carboxylic acids is 2. The van der Waals surface area contributed by atoms with Crippen molar-refractivity contribution in [2.45, 2.75) is 208 Å². The van der Waals surface area contributed by atoms with Crippen molar-refractivity contribution in [2.75, 3.05) is 83.4 Å². The zero-order valence-electron chi connectivity index (χ0n) is 76.5. The van der Waals surface area contributed by atoms with E-state index >= 15 is 0 Å². The summed E-state index contributed by atoms with van der Waals surface area (Å²) in [6.45, 7) is 33.7. The molecule has 0 unspecified atom stereocenters. The van der Waals surface area contributed by atoms with Gasteiger partial charge in [-0.15, -0.1) is 0 Å². The van der Waals surface area contributed by atoms with E-state index < -0.39 is 77.3 Å². The third kappa shape index (κ3) is 35.8. The number of carboxylic acids is 2. The fourth-order valence-corrected chi connectivity index (χ4v) is 15.6. The molecule has 5 N–H and O–H groups in total. The van der Waals surface area contributed by atoms with Gasteiger partial charge in [0, 0.05) is 174 Å². The summed E-state index contributed by atoms with van der Waals surface area (Å²) in [5.41, 5.74) is 6.70. The minimum absolute atomic E-state index is 0. The van der Waals surface area contributed by atoms with Crippen molar-refractivity contribution in [1.82, 2.24) is 44.5 Å². The van der Waals surface area contributed by atoms with Gasteiger partial charge in [0.15, 0.2) is 0 Å². The number of aliphatic hydroxyl groups is 2. The van der Waals surface area contributed by atoms with E-state index in [9.17, 15) is 39.0 Å². The Morgan fingerprint density at radius 3 is 0.977 bits per heavy atom. The number of carbonyl (C=O) groups is 8.